The van der Waals surface area contributed by atoms with Gasteiger partial charge in [-0.1, -0.05) is 0 Å². The van der Waals surface area contributed by atoms with E-state index in [1.807, 2.05) is 0 Å². The van der Waals surface area contributed by atoms with Gasteiger partial charge in [-0.15, -0.1) is 0 Å². The molecule has 1 amide bonds. The summed E-state index contributed by atoms with van der Waals surface area (Å²) in [6, 6.07) is 6.50. The minimum atomic E-state index is -0.544. The molecule has 1 aromatic heterocycles. The lowest BCUT2D eigenvalue weighted by Crippen LogP contribution is -2.26. The summed E-state index contributed by atoms with van der Waals surface area (Å²) in [5.41, 5.74) is -0.544. The molecule has 0 saturated carbocycles. The SMILES string of the molecule is COCCCNC(=O)c1cc2cc(OC)ccc2c(=O)o1. The molecular formula is C15H17NO5. The fourth-order valence-corrected chi connectivity index (χ4v) is 1.92. The largest absolute Gasteiger partial charge is 0.497 e. The smallest absolute Gasteiger partial charge is 0.344 e. The highest BCUT2D eigenvalue weighted by Gasteiger charge is 2.12. The molecule has 0 aliphatic rings. The van der Waals surface area contributed by atoms with Crippen molar-refractivity contribution in [3.63, 3.8) is 0 Å². The van der Waals surface area contributed by atoms with Crippen molar-refractivity contribution in [3.05, 3.63) is 40.4 Å². The molecule has 0 unspecified atom stereocenters. The molecule has 0 spiro atoms. The van der Waals surface area contributed by atoms with Gasteiger partial charge in [-0.3, -0.25) is 4.79 Å². The average Bonchev–Trinajstić information content (AvgIpc) is 2.50. The number of rotatable bonds is 6. The van der Waals surface area contributed by atoms with Gasteiger partial charge in [-0.2, -0.15) is 0 Å². The van der Waals surface area contributed by atoms with Gasteiger partial charge in [0.25, 0.3) is 5.91 Å². The Bertz CT molecular complexity index is 692. The molecule has 0 fully saturated rings. The summed E-state index contributed by atoms with van der Waals surface area (Å²) >= 11 is 0. The lowest BCUT2D eigenvalue weighted by atomic mass is 10.1. The van der Waals surface area contributed by atoms with Gasteiger partial charge in [0.05, 0.1) is 12.5 Å². The molecule has 21 heavy (non-hydrogen) atoms. The van der Waals surface area contributed by atoms with E-state index < -0.39 is 11.5 Å². The third-order valence-corrected chi connectivity index (χ3v) is 3.00. The maximum absolute atomic E-state index is 11.9. The van der Waals surface area contributed by atoms with E-state index in [2.05, 4.69) is 5.32 Å². The van der Waals surface area contributed by atoms with Crippen molar-refractivity contribution in [2.24, 2.45) is 0 Å². The average molecular weight is 291 g/mol. The number of methoxy groups -OCH3 is 2. The first-order chi connectivity index (χ1) is 10.2. The predicted octanol–water partition coefficient (Wildman–Crippen LogP) is 1.57. The van der Waals surface area contributed by atoms with Crippen LogP contribution in [0.2, 0.25) is 0 Å². The standard InChI is InChI=1S/C15H17NO5/c1-19-7-3-6-16-14(17)13-9-10-8-11(20-2)4-5-12(10)15(18)21-13/h4-5,8-9H,3,6-7H2,1-2H3,(H,16,17). The summed E-state index contributed by atoms with van der Waals surface area (Å²) < 4.78 is 15.0. The monoisotopic (exact) mass is 291 g/mol. The highest BCUT2D eigenvalue weighted by Crippen LogP contribution is 2.19. The van der Waals surface area contributed by atoms with Crippen molar-refractivity contribution in [2.45, 2.75) is 6.42 Å². The Morgan fingerprint density at radius 2 is 2.10 bits per heavy atom. The normalized spacial score (nSPS) is 10.6. The minimum Gasteiger partial charge on any atom is -0.497 e. The van der Waals surface area contributed by atoms with E-state index in [9.17, 15) is 9.59 Å². The molecule has 0 aliphatic heterocycles. The maximum Gasteiger partial charge on any atom is 0.344 e. The van der Waals surface area contributed by atoms with Gasteiger partial charge < -0.3 is 19.2 Å². The number of carbonyl (C=O) groups is 1. The van der Waals surface area contributed by atoms with Crippen LogP contribution in [0.3, 0.4) is 0 Å². The van der Waals surface area contributed by atoms with Gasteiger partial charge in [0, 0.05) is 20.3 Å². The zero-order valence-corrected chi connectivity index (χ0v) is 12.0. The molecule has 1 aromatic carbocycles. The van der Waals surface area contributed by atoms with Crippen molar-refractivity contribution in [3.8, 4) is 5.75 Å². The van der Waals surface area contributed by atoms with Crippen LogP contribution in [0.15, 0.2) is 33.5 Å². The first kappa shape index (κ1) is 15.1. The lowest BCUT2D eigenvalue weighted by molar-refractivity contribution is 0.0917. The molecule has 0 atom stereocenters. The Hall–Kier alpha value is -2.34. The summed E-state index contributed by atoms with van der Waals surface area (Å²) in [4.78, 5) is 23.8. The maximum atomic E-state index is 11.9. The molecule has 6 nitrogen and oxygen atoms in total. The van der Waals surface area contributed by atoms with Gasteiger partial charge in [-0.05, 0) is 36.1 Å². The van der Waals surface area contributed by atoms with Crippen molar-refractivity contribution in [2.75, 3.05) is 27.4 Å². The van der Waals surface area contributed by atoms with Gasteiger partial charge in [-0.25, -0.2) is 4.79 Å². The number of amides is 1. The lowest BCUT2D eigenvalue weighted by Gasteiger charge is -2.06. The number of nitrogens with one attached hydrogen (secondary N) is 1. The summed E-state index contributed by atoms with van der Waals surface area (Å²) in [5.74, 6) is 0.172. The van der Waals surface area contributed by atoms with E-state index in [0.717, 1.165) is 0 Å². The second-order valence-corrected chi connectivity index (χ2v) is 4.45. The number of ether oxygens (including phenoxy) is 2. The third kappa shape index (κ3) is 3.61. The van der Waals surface area contributed by atoms with Crippen molar-refractivity contribution >= 4 is 16.7 Å². The van der Waals surface area contributed by atoms with E-state index in [4.69, 9.17) is 13.9 Å². The summed E-state index contributed by atoms with van der Waals surface area (Å²) in [6.07, 6.45) is 0.688. The van der Waals surface area contributed by atoms with Gasteiger partial charge in [0.2, 0.25) is 0 Å². The fourth-order valence-electron chi connectivity index (χ4n) is 1.92. The quantitative estimate of drug-likeness (QED) is 0.817. The number of carbonyl (C=O) groups excluding carboxylic acids is 1. The Morgan fingerprint density at radius 3 is 2.81 bits per heavy atom. The molecule has 0 saturated heterocycles. The third-order valence-electron chi connectivity index (χ3n) is 3.00. The number of benzene rings is 1. The van der Waals surface area contributed by atoms with Crippen molar-refractivity contribution < 1.29 is 18.7 Å². The Balaban J connectivity index is 2.24. The topological polar surface area (TPSA) is 77.8 Å². The molecule has 2 aromatic rings. The number of hydrogen-bond donors (Lipinski definition) is 1. The Labute approximate surface area is 121 Å². The molecular weight excluding hydrogens is 274 g/mol. The summed E-state index contributed by atoms with van der Waals surface area (Å²) in [6.45, 7) is 1.01. The number of fused-ring (bicyclic) bond motifs is 1. The minimum absolute atomic E-state index is 0.0156. The molecule has 0 radical (unpaired) electrons. The molecule has 2 rings (SSSR count). The second-order valence-electron chi connectivity index (χ2n) is 4.45. The molecule has 0 bridgehead atoms. The van der Waals surface area contributed by atoms with Gasteiger partial charge in [0.15, 0.2) is 5.76 Å². The molecule has 0 aliphatic carbocycles. The fraction of sp³-hybridized carbons (Fsp3) is 0.333. The van der Waals surface area contributed by atoms with Crippen LogP contribution in [0.5, 0.6) is 5.75 Å². The molecule has 1 heterocycles. The predicted molar refractivity (Wildman–Crippen MR) is 77.9 cm³/mol. The summed E-state index contributed by atoms with van der Waals surface area (Å²) in [5, 5.41) is 3.68. The van der Waals surface area contributed by atoms with E-state index in [-0.39, 0.29) is 5.76 Å². The molecule has 112 valence electrons. The van der Waals surface area contributed by atoms with Crippen LogP contribution in [0.1, 0.15) is 17.0 Å². The van der Waals surface area contributed by atoms with Crippen molar-refractivity contribution in [1.82, 2.24) is 5.32 Å². The Kier molecular flexibility index (Phi) is 4.94. The zero-order valence-electron chi connectivity index (χ0n) is 12.0. The highest BCUT2D eigenvalue weighted by molar-refractivity contribution is 5.95. The van der Waals surface area contributed by atoms with Crippen LogP contribution in [0.25, 0.3) is 10.8 Å². The molecule has 6 heteroatoms. The van der Waals surface area contributed by atoms with Crippen molar-refractivity contribution in [1.29, 1.82) is 0 Å². The van der Waals surface area contributed by atoms with Crippen LogP contribution in [-0.2, 0) is 4.74 Å². The van der Waals surface area contributed by atoms with Crippen LogP contribution in [-0.4, -0.2) is 33.3 Å². The van der Waals surface area contributed by atoms with Crippen LogP contribution in [0.4, 0.5) is 0 Å². The van der Waals surface area contributed by atoms with E-state index in [1.54, 1.807) is 25.3 Å². The summed E-state index contributed by atoms with van der Waals surface area (Å²) in [7, 11) is 3.13. The first-order valence-electron chi connectivity index (χ1n) is 6.54. The van der Waals surface area contributed by atoms with Crippen LogP contribution >= 0.6 is 0 Å². The van der Waals surface area contributed by atoms with Crippen LogP contribution < -0.4 is 15.7 Å². The number of hydrogen-bond acceptors (Lipinski definition) is 5. The van der Waals surface area contributed by atoms with E-state index >= 15 is 0 Å². The second kappa shape index (κ2) is 6.90. The van der Waals surface area contributed by atoms with Crippen LogP contribution in [0, 0.1) is 0 Å². The highest BCUT2D eigenvalue weighted by atomic mass is 16.5. The van der Waals surface area contributed by atoms with E-state index in [1.165, 1.54) is 13.2 Å². The Morgan fingerprint density at radius 1 is 1.29 bits per heavy atom. The van der Waals surface area contributed by atoms with Gasteiger partial charge in [0.1, 0.15) is 5.75 Å². The molecule has 1 N–H and O–H groups in total. The van der Waals surface area contributed by atoms with Gasteiger partial charge >= 0.3 is 5.63 Å². The first-order valence-corrected chi connectivity index (χ1v) is 6.54. The zero-order chi connectivity index (χ0) is 15.2. The van der Waals surface area contributed by atoms with E-state index in [0.29, 0.717) is 36.1 Å².